The molecule has 19 heavy (non-hydrogen) atoms. The van der Waals surface area contributed by atoms with Gasteiger partial charge < -0.3 is 9.84 Å². The van der Waals surface area contributed by atoms with Gasteiger partial charge >= 0.3 is 0 Å². The average molecular weight is 264 g/mol. The van der Waals surface area contributed by atoms with E-state index in [0.717, 1.165) is 24.3 Å². The van der Waals surface area contributed by atoms with Gasteiger partial charge in [0.2, 0.25) is 0 Å². The topological polar surface area (TPSA) is 29.5 Å². The van der Waals surface area contributed by atoms with E-state index < -0.39 is 6.10 Å². The Hall–Kier alpha value is -1.02. The number of hydrogen-bond acceptors (Lipinski definition) is 2. The lowest BCUT2D eigenvalue weighted by molar-refractivity contribution is 0.183. The van der Waals surface area contributed by atoms with Crippen molar-refractivity contribution in [2.45, 2.75) is 59.5 Å². The smallest absolute Gasteiger partial charge is 0.125 e. The minimum absolute atomic E-state index is 0.480. The molecule has 0 saturated heterocycles. The minimum Gasteiger partial charge on any atom is -0.493 e. The second-order valence-corrected chi connectivity index (χ2v) is 5.44. The monoisotopic (exact) mass is 264 g/mol. The molecule has 1 rings (SSSR count). The molecule has 1 N–H and O–H groups in total. The molecule has 1 aromatic rings. The highest BCUT2D eigenvalue weighted by atomic mass is 16.5. The molecule has 0 radical (unpaired) electrons. The first-order chi connectivity index (χ1) is 9.08. The van der Waals surface area contributed by atoms with Gasteiger partial charge in [-0.05, 0) is 37.8 Å². The molecule has 1 aromatic carbocycles. The molecule has 0 aliphatic rings. The van der Waals surface area contributed by atoms with Crippen LogP contribution in [0.4, 0.5) is 0 Å². The normalized spacial score (nSPS) is 14.2. The zero-order chi connectivity index (χ0) is 14.3. The Kier molecular flexibility index (Phi) is 6.93. The Morgan fingerprint density at radius 1 is 1.26 bits per heavy atom. The highest BCUT2D eigenvalue weighted by molar-refractivity contribution is 5.38. The number of aliphatic hydroxyl groups excluding tert-OH is 1. The molecule has 2 nitrogen and oxygen atoms in total. The van der Waals surface area contributed by atoms with Gasteiger partial charge in [0, 0.05) is 5.56 Å². The second kappa shape index (κ2) is 8.21. The van der Waals surface area contributed by atoms with E-state index in [4.69, 9.17) is 4.74 Å². The van der Waals surface area contributed by atoms with Gasteiger partial charge in [-0.15, -0.1) is 0 Å². The zero-order valence-electron chi connectivity index (χ0n) is 12.8. The predicted octanol–water partition coefficient (Wildman–Crippen LogP) is 4.64. The Bertz CT molecular complexity index is 372. The van der Waals surface area contributed by atoms with Gasteiger partial charge in [-0.3, -0.25) is 0 Å². The quantitative estimate of drug-likeness (QED) is 0.741. The first kappa shape index (κ1) is 16.0. The summed E-state index contributed by atoms with van der Waals surface area (Å²) in [6.45, 7) is 9.02. The van der Waals surface area contributed by atoms with Crippen LogP contribution in [-0.4, -0.2) is 11.7 Å². The van der Waals surface area contributed by atoms with Crippen molar-refractivity contribution in [1.82, 2.24) is 0 Å². The van der Waals surface area contributed by atoms with Crippen LogP contribution in [-0.2, 0) is 0 Å². The summed E-state index contributed by atoms with van der Waals surface area (Å²) in [5, 5.41) is 9.78. The van der Waals surface area contributed by atoms with Gasteiger partial charge in [-0.2, -0.15) is 0 Å². The molecule has 0 aromatic heterocycles. The lowest BCUT2D eigenvalue weighted by atomic mass is 10.0. The molecule has 0 heterocycles. The lowest BCUT2D eigenvalue weighted by Gasteiger charge is -2.19. The number of aliphatic hydroxyl groups is 1. The summed E-state index contributed by atoms with van der Waals surface area (Å²) < 4.78 is 5.97. The summed E-state index contributed by atoms with van der Waals surface area (Å²) in [5.41, 5.74) is 2.05. The van der Waals surface area contributed by atoms with E-state index >= 15 is 0 Å². The molecular weight excluding hydrogens is 236 g/mol. The van der Waals surface area contributed by atoms with E-state index in [1.54, 1.807) is 6.92 Å². The Morgan fingerprint density at radius 2 is 2.00 bits per heavy atom. The van der Waals surface area contributed by atoms with E-state index in [0.29, 0.717) is 5.92 Å². The third-order valence-electron chi connectivity index (χ3n) is 3.64. The standard InChI is InChI=1S/C17H28O2/c1-5-7-8-15(6-2)12-19-17-11-13(3)9-10-16(17)14(4)18/h9-11,14-15,18H,5-8,12H2,1-4H3/t14-,15?/m0/s1. The molecule has 0 saturated carbocycles. The average Bonchev–Trinajstić information content (AvgIpc) is 2.38. The number of hydrogen-bond donors (Lipinski definition) is 1. The molecule has 0 fully saturated rings. The SMILES string of the molecule is CCCCC(CC)COc1cc(C)ccc1[C@H](C)O. The van der Waals surface area contributed by atoms with Gasteiger partial charge in [0.15, 0.2) is 0 Å². The molecule has 2 atom stereocenters. The van der Waals surface area contributed by atoms with E-state index in [1.807, 2.05) is 25.1 Å². The largest absolute Gasteiger partial charge is 0.493 e. The fourth-order valence-corrected chi connectivity index (χ4v) is 2.22. The Labute approximate surface area is 117 Å². The highest BCUT2D eigenvalue weighted by Gasteiger charge is 2.12. The molecule has 0 amide bonds. The van der Waals surface area contributed by atoms with E-state index in [2.05, 4.69) is 13.8 Å². The van der Waals surface area contributed by atoms with Crippen LogP contribution in [0, 0.1) is 12.8 Å². The van der Waals surface area contributed by atoms with Crippen molar-refractivity contribution in [1.29, 1.82) is 0 Å². The van der Waals surface area contributed by atoms with Crippen molar-refractivity contribution in [3.8, 4) is 5.75 Å². The van der Waals surface area contributed by atoms with Crippen LogP contribution < -0.4 is 4.74 Å². The lowest BCUT2D eigenvalue weighted by Crippen LogP contribution is -2.12. The summed E-state index contributed by atoms with van der Waals surface area (Å²) in [7, 11) is 0. The Morgan fingerprint density at radius 3 is 2.58 bits per heavy atom. The fraction of sp³-hybridized carbons (Fsp3) is 0.647. The number of unbranched alkanes of at least 4 members (excludes halogenated alkanes) is 1. The summed E-state index contributed by atoms with van der Waals surface area (Å²) in [4.78, 5) is 0. The third kappa shape index (κ3) is 5.23. The van der Waals surface area contributed by atoms with Crippen LogP contribution in [0.15, 0.2) is 18.2 Å². The summed E-state index contributed by atoms with van der Waals surface area (Å²) in [5.74, 6) is 1.45. The first-order valence-electron chi connectivity index (χ1n) is 7.49. The van der Waals surface area contributed by atoms with Gasteiger partial charge in [0.05, 0.1) is 12.7 Å². The van der Waals surface area contributed by atoms with Crippen LogP contribution in [0.25, 0.3) is 0 Å². The van der Waals surface area contributed by atoms with Crippen molar-refractivity contribution in [2.24, 2.45) is 5.92 Å². The van der Waals surface area contributed by atoms with Crippen molar-refractivity contribution < 1.29 is 9.84 Å². The number of rotatable bonds is 8. The maximum atomic E-state index is 9.78. The molecule has 0 spiro atoms. The molecule has 108 valence electrons. The predicted molar refractivity (Wildman–Crippen MR) is 80.6 cm³/mol. The van der Waals surface area contributed by atoms with Crippen LogP contribution in [0.2, 0.25) is 0 Å². The van der Waals surface area contributed by atoms with Crippen molar-refractivity contribution in [2.75, 3.05) is 6.61 Å². The van der Waals surface area contributed by atoms with Crippen molar-refractivity contribution in [3.05, 3.63) is 29.3 Å². The number of aryl methyl sites for hydroxylation is 1. The minimum atomic E-state index is -0.480. The van der Waals surface area contributed by atoms with Crippen molar-refractivity contribution >= 4 is 0 Å². The van der Waals surface area contributed by atoms with Gasteiger partial charge in [-0.1, -0.05) is 45.2 Å². The molecular formula is C17H28O2. The molecule has 2 heteroatoms. The van der Waals surface area contributed by atoms with Crippen LogP contribution in [0.3, 0.4) is 0 Å². The van der Waals surface area contributed by atoms with E-state index in [9.17, 15) is 5.11 Å². The van der Waals surface area contributed by atoms with Gasteiger partial charge in [-0.25, -0.2) is 0 Å². The second-order valence-electron chi connectivity index (χ2n) is 5.44. The summed E-state index contributed by atoms with van der Waals surface area (Å²) in [6.07, 6.45) is 4.39. The molecule has 0 aliphatic heterocycles. The fourth-order valence-electron chi connectivity index (χ4n) is 2.22. The van der Waals surface area contributed by atoms with Crippen LogP contribution in [0.1, 0.15) is 63.7 Å². The molecule has 0 bridgehead atoms. The van der Waals surface area contributed by atoms with Gasteiger partial charge in [0.25, 0.3) is 0 Å². The maximum absolute atomic E-state index is 9.78. The summed E-state index contributed by atoms with van der Waals surface area (Å²) in [6, 6.07) is 6.00. The number of benzene rings is 1. The molecule has 0 aliphatic carbocycles. The van der Waals surface area contributed by atoms with E-state index in [-0.39, 0.29) is 0 Å². The third-order valence-corrected chi connectivity index (χ3v) is 3.64. The van der Waals surface area contributed by atoms with Crippen molar-refractivity contribution in [3.63, 3.8) is 0 Å². The molecule has 1 unspecified atom stereocenters. The van der Waals surface area contributed by atoms with Crippen LogP contribution in [0.5, 0.6) is 5.75 Å². The Balaban J connectivity index is 2.67. The van der Waals surface area contributed by atoms with Gasteiger partial charge in [0.1, 0.15) is 5.75 Å². The highest BCUT2D eigenvalue weighted by Crippen LogP contribution is 2.27. The number of ether oxygens (including phenoxy) is 1. The van der Waals surface area contributed by atoms with Crippen LogP contribution >= 0.6 is 0 Å². The summed E-state index contributed by atoms with van der Waals surface area (Å²) >= 11 is 0. The maximum Gasteiger partial charge on any atom is 0.125 e. The zero-order valence-corrected chi connectivity index (χ0v) is 12.8. The first-order valence-corrected chi connectivity index (χ1v) is 7.49. The van der Waals surface area contributed by atoms with E-state index in [1.165, 1.54) is 24.8 Å².